The van der Waals surface area contributed by atoms with Gasteiger partial charge in [-0.05, 0) is 32.7 Å². The molecule has 1 unspecified atom stereocenters. The number of oxime groups is 1. The molecule has 0 saturated carbocycles. The number of aryl methyl sites for hydroxylation is 1. The van der Waals surface area contributed by atoms with Gasteiger partial charge in [-0.1, -0.05) is 108 Å². The monoisotopic (exact) mass is 782 g/mol. The van der Waals surface area contributed by atoms with Crippen molar-refractivity contribution in [2.45, 2.75) is 22.1 Å². The van der Waals surface area contributed by atoms with Crippen LogP contribution in [-0.2, 0) is 31.8 Å². The third kappa shape index (κ3) is 7.20. The van der Waals surface area contributed by atoms with E-state index in [-0.39, 0.29) is 36.0 Å². The molecule has 2 atom stereocenters. The summed E-state index contributed by atoms with van der Waals surface area (Å²) in [7, 11) is 1.68. The molecule has 0 aliphatic carbocycles. The summed E-state index contributed by atoms with van der Waals surface area (Å²) >= 11 is 3.91. The van der Waals surface area contributed by atoms with Crippen molar-refractivity contribution in [2.75, 3.05) is 30.0 Å². The van der Waals surface area contributed by atoms with Crippen molar-refractivity contribution in [3.8, 4) is 0 Å². The molecule has 5 N–H and O–H groups in total. The van der Waals surface area contributed by atoms with E-state index in [1.165, 1.54) is 44.4 Å². The Bertz CT molecular complexity index is 2100. The molecule has 2 aliphatic rings. The first-order valence-corrected chi connectivity index (χ1v) is 19.6. The summed E-state index contributed by atoms with van der Waals surface area (Å²) in [6, 6.07) is 29.1. The van der Waals surface area contributed by atoms with Crippen LogP contribution in [0.1, 0.15) is 22.4 Å². The smallest absolute Gasteiger partial charge is 0.352 e. The predicted molar refractivity (Wildman–Crippen MR) is 206 cm³/mol. The van der Waals surface area contributed by atoms with Gasteiger partial charge in [0.15, 0.2) is 10.8 Å². The Balaban J connectivity index is 1.15. The molecule has 1 fully saturated rings. The highest BCUT2D eigenvalue weighted by atomic mass is 32.2. The molecule has 15 nitrogen and oxygen atoms in total. The summed E-state index contributed by atoms with van der Waals surface area (Å²) in [5.41, 5.74) is 8.18. The van der Waals surface area contributed by atoms with Crippen LogP contribution in [0.25, 0.3) is 0 Å². The van der Waals surface area contributed by atoms with Crippen LogP contribution in [0.4, 0.5) is 5.13 Å². The summed E-state index contributed by atoms with van der Waals surface area (Å²) in [6.45, 7) is 0.195. The van der Waals surface area contributed by atoms with E-state index >= 15 is 0 Å². The zero-order chi connectivity index (χ0) is 37.7. The van der Waals surface area contributed by atoms with Crippen molar-refractivity contribution in [1.29, 1.82) is 0 Å². The molecule has 18 heteroatoms. The number of rotatable bonds is 15. The Hall–Kier alpha value is -5.56. The van der Waals surface area contributed by atoms with E-state index in [1.54, 1.807) is 12.4 Å². The average molecular weight is 783 g/mol. The Labute approximate surface area is 322 Å². The number of thioether (sulfide) groups is 2. The van der Waals surface area contributed by atoms with Gasteiger partial charge in [0.25, 0.3) is 11.8 Å². The highest BCUT2D eigenvalue weighted by Gasteiger charge is 2.54. The number of fused-ring (bicyclic) bond motifs is 1. The highest BCUT2D eigenvalue weighted by Crippen LogP contribution is 2.42. The standard InChI is InChI=1S/C36H34N10O5S3/c1-45-35(41-43-44-45)54-20-22-19-52-32-28(31(48)46(32)29(22)33(49)50)39-30(47)27(42-51-18-17-37)26-21-53-34(38-26)40-36(23-11-5-2-6-12-23,24-13-7-3-8-14-24)25-15-9-4-10-16-25/h2-16,21,28,32H,17-20,37H2,1H3,(H,38,40)(H,39,47)(H,49,50)/t28?,32-/m1/s1. The van der Waals surface area contributed by atoms with Gasteiger partial charge in [-0.25, -0.2) is 14.5 Å². The quantitative estimate of drug-likeness (QED) is 0.0301. The molecule has 2 aromatic heterocycles. The summed E-state index contributed by atoms with van der Waals surface area (Å²) in [5.74, 6) is -1.90. The number of anilines is 1. The lowest BCUT2D eigenvalue weighted by Crippen LogP contribution is -2.71. The minimum Gasteiger partial charge on any atom is -0.477 e. The summed E-state index contributed by atoms with van der Waals surface area (Å²) in [6.07, 6.45) is 0. The van der Waals surface area contributed by atoms with Gasteiger partial charge in [-0.15, -0.1) is 28.2 Å². The van der Waals surface area contributed by atoms with E-state index < -0.39 is 34.7 Å². The Morgan fingerprint density at radius 2 is 1.67 bits per heavy atom. The van der Waals surface area contributed by atoms with Crippen molar-refractivity contribution >= 4 is 63.5 Å². The van der Waals surface area contributed by atoms with E-state index in [0.717, 1.165) is 16.7 Å². The molecule has 7 rings (SSSR count). The van der Waals surface area contributed by atoms with Crippen LogP contribution < -0.4 is 16.4 Å². The molecule has 54 heavy (non-hydrogen) atoms. The number of amides is 2. The number of carboxylic acid groups (broad SMARTS) is 1. The van der Waals surface area contributed by atoms with E-state index in [2.05, 4.69) is 31.3 Å². The minimum absolute atomic E-state index is 0.0394. The van der Waals surface area contributed by atoms with Crippen molar-refractivity contribution in [1.82, 2.24) is 35.4 Å². The number of aromatic nitrogens is 5. The lowest BCUT2D eigenvalue weighted by atomic mass is 9.77. The first-order chi connectivity index (χ1) is 26.3. The number of hydrogen-bond acceptors (Lipinski definition) is 14. The van der Waals surface area contributed by atoms with Gasteiger partial charge < -0.3 is 26.3 Å². The SMILES string of the molecule is Cn1nnnc1SCC1=C(C(=O)O)N2C(=O)C(NC(=O)C(=NOCCN)c3csc(NC(c4ccccc4)(c4ccccc4)c4ccccc4)n3)[C@H]2SC1. The molecule has 2 aliphatic heterocycles. The van der Waals surface area contributed by atoms with Crippen molar-refractivity contribution in [2.24, 2.45) is 17.9 Å². The van der Waals surface area contributed by atoms with Crippen LogP contribution in [0.15, 0.2) is 118 Å². The number of carbonyl (C=O) groups excluding carboxylic acids is 2. The number of tetrazole rings is 1. The van der Waals surface area contributed by atoms with Crippen LogP contribution >= 0.6 is 34.9 Å². The van der Waals surface area contributed by atoms with Gasteiger partial charge in [0.2, 0.25) is 5.16 Å². The maximum atomic E-state index is 13.9. The number of nitrogens with one attached hydrogen (secondary N) is 2. The number of thiazole rings is 1. The van der Waals surface area contributed by atoms with Gasteiger partial charge in [-0.3, -0.25) is 14.5 Å². The fraction of sp³-hybridized carbons (Fsp3) is 0.222. The minimum atomic E-state index is -1.23. The number of hydrogen-bond donors (Lipinski definition) is 4. The molecule has 5 aromatic rings. The Morgan fingerprint density at radius 1 is 1.04 bits per heavy atom. The maximum absolute atomic E-state index is 13.9. The molecule has 0 radical (unpaired) electrons. The number of benzene rings is 3. The fourth-order valence-corrected chi connectivity index (χ4v) is 9.33. The third-order valence-electron chi connectivity index (χ3n) is 8.73. The van der Waals surface area contributed by atoms with E-state index in [0.29, 0.717) is 21.6 Å². The van der Waals surface area contributed by atoms with Crippen LogP contribution in [0.3, 0.4) is 0 Å². The molecule has 276 valence electrons. The van der Waals surface area contributed by atoms with Crippen molar-refractivity contribution in [3.63, 3.8) is 0 Å². The second kappa shape index (κ2) is 16.2. The second-order valence-electron chi connectivity index (χ2n) is 12.1. The number of β-lactam (4-membered cyclic amide) rings is 1. The summed E-state index contributed by atoms with van der Waals surface area (Å²) in [4.78, 5) is 51.3. The Morgan fingerprint density at radius 3 is 2.22 bits per heavy atom. The molecule has 2 amide bonds. The van der Waals surface area contributed by atoms with Crippen LogP contribution in [-0.4, -0.2) is 94.8 Å². The summed E-state index contributed by atoms with van der Waals surface area (Å²) in [5, 5.41) is 34.1. The van der Waals surface area contributed by atoms with Gasteiger partial charge >= 0.3 is 5.97 Å². The normalized spacial score (nSPS) is 17.1. The van der Waals surface area contributed by atoms with Crippen LogP contribution in [0.5, 0.6) is 0 Å². The lowest BCUT2D eigenvalue weighted by Gasteiger charge is -2.49. The average Bonchev–Trinajstić information content (AvgIpc) is 3.85. The fourth-order valence-electron chi connectivity index (χ4n) is 6.25. The molecule has 0 spiro atoms. The molecule has 1 saturated heterocycles. The first kappa shape index (κ1) is 36.8. The van der Waals surface area contributed by atoms with Gasteiger partial charge in [0.05, 0.1) is 0 Å². The van der Waals surface area contributed by atoms with Gasteiger partial charge in [0.1, 0.15) is 35.0 Å². The first-order valence-electron chi connectivity index (χ1n) is 16.7. The largest absolute Gasteiger partial charge is 0.477 e. The number of carbonyl (C=O) groups is 3. The lowest BCUT2D eigenvalue weighted by molar-refractivity contribution is -0.150. The predicted octanol–water partition coefficient (Wildman–Crippen LogP) is 3.28. The zero-order valence-electron chi connectivity index (χ0n) is 28.7. The second-order valence-corrected chi connectivity index (χ2v) is 15.0. The molecule has 3 aromatic carbocycles. The molecular weight excluding hydrogens is 749 g/mol. The number of nitrogens with two attached hydrogens (primary N) is 1. The van der Waals surface area contributed by atoms with Gasteiger partial charge in [-0.2, -0.15) is 0 Å². The number of aliphatic carboxylic acids is 1. The highest BCUT2D eigenvalue weighted by molar-refractivity contribution is 8.01. The third-order valence-corrected chi connectivity index (χ3v) is 11.9. The van der Waals surface area contributed by atoms with Crippen LogP contribution in [0, 0.1) is 0 Å². The zero-order valence-corrected chi connectivity index (χ0v) is 31.2. The van der Waals surface area contributed by atoms with E-state index in [1.807, 2.05) is 91.0 Å². The van der Waals surface area contributed by atoms with E-state index in [9.17, 15) is 19.5 Å². The number of nitrogens with zero attached hydrogens (tertiary/aromatic N) is 7. The molecule has 0 bridgehead atoms. The van der Waals surface area contributed by atoms with Crippen LogP contribution in [0.2, 0.25) is 0 Å². The maximum Gasteiger partial charge on any atom is 0.352 e. The molecule has 4 heterocycles. The number of carboxylic acids is 1. The topological polar surface area (TPSA) is 203 Å². The summed E-state index contributed by atoms with van der Waals surface area (Å²) < 4.78 is 1.48. The molecular formula is C36H34N10O5S3. The Kier molecular flexibility index (Phi) is 11.0. The van der Waals surface area contributed by atoms with E-state index in [4.69, 9.17) is 15.6 Å². The van der Waals surface area contributed by atoms with Crippen molar-refractivity contribution < 1.29 is 24.3 Å². The van der Waals surface area contributed by atoms with Gasteiger partial charge in [0, 0.05) is 30.5 Å². The van der Waals surface area contributed by atoms with Crippen molar-refractivity contribution in [3.05, 3.63) is 130 Å².